The van der Waals surface area contributed by atoms with E-state index >= 15 is 0 Å². The van der Waals surface area contributed by atoms with Crippen LogP contribution in [0.3, 0.4) is 0 Å². The second-order valence-corrected chi connectivity index (χ2v) is 9.65. The van der Waals surface area contributed by atoms with Crippen LogP contribution >= 0.6 is 23.2 Å². The first-order valence-corrected chi connectivity index (χ1v) is 11.3. The Morgan fingerprint density at radius 1 is 1.00 bits per heavy atom. The predicted molar refractivity (Wildman–Crippen MR) is 115 cm³/mol. The van der Waals surface area contributed by atoms with E-state index in [0.717, 1.165) is 4.90 Å². The summed E-state index contributed by atoms with van der Waals surface area (Å²) in [6.07, 6.45) is 0.711. The van der Waals surface area contributed by atoms with Crippen LogP contribution in [-0.4, -0.2) is 37.1 Å². The van der Waals surface area contributed by atoms with Gasteiger partial charge in [0.25, 0.3) is 21.8 Å². The molecule has 1 unspecified atom stereocenters. The van der Waals surface area contributed by atoms with Gasteiger partial charge in [-0.1, -0.05) is 29.8 Å². The lowest BCUT2D eigenvalue weighted by molar-refractivity contribution is -0.125. The quantitative estimate of drug-likeness (QED) is 0.653. The number of rotatable bonds is 4. The molecule has 0 spiro atoms. The van der Waals surface area contributed by atoms with E-state index in [2.05, 4.69) is 16.6 Å². The Morgan fingerprint density at radius 2 is 1.65 bits per heavy atom. The van der Waals surface area contributed by atoms with Gasteiger partial charge in [0.2, 0.25) is 5.91 Å². The molecule has 0 bridgehead atoms. The molecule has 2 aliphatic heterocycles. The number of carbonyl (C=O) groups is 3. The van der Waals surface area contributed by atoms with Crippen LogP contribution in [0.25, 0.3) is 0 Å². The van der Waals surface area contributed by atoms with Crippen LogP contribution in [0.1, 0.15) is 33.6 Å². The van der Waals surface area contributed by atoms with Gasteiger partial charge in [0.15, 0.2) is 0 Å². The number of imide groups is 1. The van der Waals surface area contributed by atoms with E-state index in [1.165, 1.54) is 36.4 Å². The third-order valence-corrected chi connectivity index (χ3v) is 6.75. The van der Waals surface area contributed by atoms with Gasteiger partial charge in [0.05, 0.1) is 16.0 Å². The minimum absolute atomic E-state index is 0.00604. The molecule has 2 heterocycles. The standard InChI is InChI=1S/C20H15Cl2N3O5S/c1-10-2-5-17(18(26)23-10)25-19(27)15-4-3-13(9-16(15)20(25)28)24-31(29,30)14-7-11(21)6-12(22)8-14/h3-4,6-9,17,24H,1-2,5H2,(H,23,26). The first kappa shape index (κ1) is 21.4. The number of allylic oxidation sites excluding steroid dienone is 1. The highest BCUT2D eigenvalue weighted by molar-refractivity contribution is 7.92. The molecular formula is C20H15Cl2N3O5S. The highest BCUT2D eigenvalue weighted by Gasteiger charge is 2.44. The number of anilines is 1. The Balaban J connectivity index is 1.63. The zero-order valence-electron chi connectivity index (χ0n) is 15.8. The summed E-state index contributed by atoms with van der Waals surface area (Å²) in [6.45, 7) is 3.68. The predicted octanol–water partition coefficient (Wildman–Crippen LogP) is 3.18. The average molecular weight is 480 g/mol. The monoisotopic (exact) mass is 479 g/mol. The number of hydrogen-bond acceptors (Lipinski definition) is 5. The molecule has 3 amide bonds. The van der Waals surface area contributed by atoms with E-state index in [0.29, 0.717) is 12.1 Å². The van der Waals surface area contributed by atoms with E-state index < -0.39 is 33.8 Å². The van der Waals surface area contributed by atoms with Crippen LogP contribution < -0.4 is 10.0 Å². The number of amides is 3. The Morgan fingerprint density at radius 3 is 2.29 bits per heavy atom. The number of nitrogens with one attached hydrogen (secondary N) is 2. The number of benzene rings is 2. The molecule has 11 heteroatoms. The fourth-order valence-electron chi connectivity index (χ4n) is 3.51. The highest BCUT2D eigenvalue weighted by Crippen LogP contribution is 2.31. The molecule has 31 heavy (non-hydrogen) atoms. The van der Waals surface area contributed by atoms with Crippen LogP contribution in [-0.2, 0) is 14.8 Å². The fourth-order valence-corrected chi connectivity index (χ4v) is 5.29. The highest BCUT2D eigenvalue weighted by atomic mass is 35.5. The molecule has 4 rings (SSSR count). The van der Waals surface area contributed by atoms with Gasteiger partial charge in [-0.25, -0.2) is 8.42 Å². The zero-order valence-corrected chi connectivity index (χ0v) is 18.1. The van der Waals surface area contributed by atoms with Gasteiger partial charge < -0.3 is 5.32 Å². The van der Waals surface area contributed by atoms with Crippen molar-refractivity contribution in [1.29, 1.82) is 0 Å². The smallest absolute Gasteiger partial charge is 0.262 e. The van der Waals surface area contributed by atoms with Crippen molar-refractivity contribution in [2.24, 2.45) is 0 Å². The summed E-state index contributed by atoms with van der Waals surface area (Å²) >= 11 is 11.8. The molecule has 2 aromatic rings. The van der Waals surface area contributed by atoms with Crippen LogP contribution in [0.2, 0.25) is 10.0 Å². The Bertz CT molecular complexity index is 1260. The SMILES string of the molecule is C=C1CCC(N2C(=O)c3ccc(NS(=O)(=O)c4cc(Cl)cc(Cl)c4)cc3C2=O)C(=O)N1. The number of carbonyl (C=O) groups excluding carboxylic acids is 3. The van der Waals surface area contributed by atoms with E-state index in [4.69, 9.17) is 23.2 Å². The molecule has 0 aromatic heterocycles. The van der Waals surface area contributed by atoms with E-state index in [1.54, 1.807) is 0 Å². The maximum Gasteiger partial charge on any atom is 0.262 e. The van der Waals surface area contributed by atoms with Crippen molar-refractivity contribution in [2.75, 3.05) is 4.72 Å². The summed E-state index contributed by atoms with van der Waals surface area (Å²) in [5.41, 5.74) is 0.692. The average Bonchev–Trinajstić information content (AvgIpc) is 2.91. The molecule has 0 saturated carbocycles. The maximum atomic E-state index is 12.9. The second-order valence-electron chi connectivity index (χ2n) is 7.10. The van der Waals surface area contributed by atoms with Crippen LogP contribution in [0, 0.1) is 0 Å². The van der Waals surface area contributed by atoms with Gasteiger partial charge >= 0.3 is 0 Å². The first-order chi connectivity index (χ1) is 14.6. The Hall–Kier alpha value is -2.88. The summed E-state index contributed by atoms with van der Waals surface area (Å²) in [6, 6.07) is 6.88. The van der Waals surface area contributed by atoms with E-state index in [1.807, 2.05) is 0 Å². The van der Waals surface area contributed by atoms with Crippen molar-refractivity contribution in [3.63, 3.8) is 0 Å². The summed E-state index contributed by atoms with van der Waals surface area (Å²) in [7, 11) is -4.06. The Labute approximate surface area is 187 Å². The lowest BCUT2D eigenvalue weighted by atomic mass is 10.0. The van der Waals surface area contributed by atoms with Crippen molar-refractivity contribution < 1.29 is 22.8 Å². The number of hydrogen-bond donors (Lipinski definition) is 2. The second kappa shape index (κ2) is 7.67. The van der Waals surface area contributed by atoms with Crippen LogP contribution in [0.5, 0.6) is 0 Å². The lowest BCUT2D eigenvalue weighted by Crippen LogP contribution is -2.51. The molecule has 0 radical (unpaired) electrons. The van der Waals surface area contributed by atoms with Crippen LogP contribution in [0.4, 0.5) is 5.69 Å². The summed E-state index contributed by atoms with van der Waals surface area (Å²) in [5.74, 6) is -1.76. The van der Waals surface area contributed by atoms with Crippen molar-refractivity contribution in [1.82, 2.24) is 10.2 Å². The van der Waals surface area contributed by atoms with Crippen LogP contribution in [0.15, 0.2) is 53.6 Å². The molecule has 1 fully saturated rings. The summed E-state index contributed by atoms with van der Waals surface area (Å²) in [5, 5.41) is 2.84. The van der Waals surface area contributed by atoms with Crippen molar-refractivity contribution >= 4 is 56.6 Å². The van der Waals surface area contributed by atoms with Crippen molar-refractivity contribution in [3.8, 4) is 0 Å². The van der Waals surface area contributed by atoms with Gasteiger partial charge in [0.1, 0.15) is 6.04 Å². The molecule has 1 saturated heterocycles. The summed E-state index contributed by atoms with van der Waals surface area (Å²) < 4.78 is 27.7. The first-order valence-electron chi connectivity index (χ1n) is 9.06. The van der Waals surface area contributed by atoms with E-state index in [-0.39, 0.29) is 38.2 Å². The van der Waals surface area contributed by atoms with Crippen molar-refractivity contribution in [3.05, 3.63) is 69.8 Å². The molecule has 2 N–H and O–H groups in total. The Kier molecular flexibility index (Phi) is 5.28. The molecule has 0 aliphatic carbocycles. The number of nitrogens with zero attached hydrogens (tertiary/aromatic N) is 1. The number of fused-ring (bicyclic) bond motifs is 1. The minimum atomic E-state index is -4.06. The fraction of sp³-hybridized carbons (Fsp3) is 0.150. The third kappa shape index (κ3) is 3.91. The topological polar surface area (TPSA) is 113 Å². The molecule has 160 valence electrons. The molecule has 8 nitrogen and oxygen atoms in total. The van der Waals surface area contributed by atoms with E-state index in [9.17, 15) is 22.8 Å². The normalized spacial score (nSPS) is 18.8. The van der Waals surface area contributed by atoms with Gasteiger partial charge in [-0.2, -0.15) is 0 Å². The summed E-state index contributed by atoms with van der Waals surface area (Å²) in [4.78, 5) is 38.7. The molecule has 2 aliphatic rings. The van der Waals surface area contributed by atoms with Crippen molar-refractivity contribution in [2.45, 2.75) is 23.8 Å². The number of halogens is 2. The third-order valence-electron chi connectivity index (χ3n) is 4.95. The zero-order chi connectivity index (χ0) is 22.5. The number of sulfonamides is 1. The van der Waals surface area contributed by atoms with Gasteiger partial charge in [-0.3, -0.25) is 24.0 Å². The minimum Gasteiger partial charge on any atom is -0.329 e. The number of piperidine rings is 1. The molecule has 2 aromatic carbocycles. The van der Waals surface area contributed by atoms with Gasteiger partial charge in [-0.15, -0.1) is 0 Å². The lowest BCUT2D eigenvalue weighted by Gasteiger charge is -2.29. The molecule has 1 atom stereocenters. The largest absolute Gasteiger partial charge is 0.329 e. The van der Waals surface area contributed by atoms with Gasteiger partial charge in [-0.05, 0) is 49.2 Å². The maximum absolute atomic E-state index is 12.9. The van der Waals surface area contributed by atoms with Gasteiger partial charge in [0, 0.05) is 21.4 Å². The molecular weight excluding hydrogens is 465 g/mol.